The third kappa shape index (κ3) is 1.62. The fraction of sp³-hybridized carbons (Fsp3) is 0. The summed E-state index contributed by atoms with van der Waals surface area (Å²) >= 11 is 9.17. The molecule has 0 saturated carbocycles. The molecule has 0 radical (unpaired) electrons. The average Bonchev–Trinajstić information content (AvgIpc) is 2.02. The molecule has 0 saturated heterocycles. The fourth-order valence-electron chi connectivity index (χ4n) is 1.16. The van der Waals surface area contributed by atoms with Crippen molar-refractivity contribution in [2.45, 2.75) is 0 Å². The zero-order chi connectivity index (χ0) is 9.42. The first-order valence-electron chi connectivity index (χ1n) is 3.60. The van der Waals surface area contributed by atoms with E-state index in [0.717, 1.165) is 9.86 Å². The normalized spacial score (nSPS) is 10.6. The number of nitrogens with zero attached hydrogens (tertiary/aromatic N) is 1. The summed E-state index contributed by atoms with van der Waals surface area (Å²) in [5, 5.41) is 10.6. The van der Waals surface area contributed by atoms with Crippen LogP contribution in [0.4, 0.5) is 0 Å². The molecule has 0 amide bonds. The van der Waals surface area contributed by atoms with E-state index in [1.807, 2.05) is 6.07 Å². The largest absolute Gasteiger partial charge is 0.508 e. The molecule has 0 fully saturated rings. The van der Waals surface area contributed by atoms with Gasteiger partial charge in [0.25, 0.3) is 0 Å². The second-order valence-corrected chi connectivity index (χ2v) is 3.98. The standard InChI is InChI=1S/C9H5BrClNO/c10-6-1-5-2-7(13)3-8(11)9(5)12-4-6/h1-4,13H. The van der Waals surface area contributed by atoms with E-state index >= 15 is 0 Å². The molecular formula is C9H5BrClNO. The molecule has 4 heteroatoms. The van der Waals surface area contributed by atoms with Gasteiger partial charge in [-0.1, -0.05) is 11.6 Å². The summed E-state index contributed by atoms with van der Waals surface area (Å²) in [6.45, 7) is 0. The minimum absolute atomic E-state index is 0.150. The SMILES string of the molecule is Oc1cc(Cl)c2ncc(Br)cc2c1. The molecular weight excluding hydrogens is 253 g/mol. The molecule has 1 aromatic carbocycles. The quantitative estimate of drug-likeness (QED) is 0.786. The Morgan fingerprint density at radius 2 is 2.08 bits per heavy atom. The summed E-state index contributed by atoms with van der Waals surface area (Å²) in [4.78, 5) is 4.13. The maximum absolute atomic E-state index is 9.27. The Kier molecular flexibility index (Phi) is 2.14. The number of halogens is 2. The Bertz CT molecular complexity index is 467. The molecule has 1 aromatic heterocycles. The Labute approximate surface area is 88.3 Å². The summed E-state index contributed by atoms with van der Waals surface area (Å²) in [6, 6.07) is 4.96. The minimum atomic E-state index is 0.150. The molecule has 0 aliphatic carbocycles. The Morgan fingerprint density at radius 1 is 1.31 bits per heavy atom. The van der Waals surface area contributed by atoms with Crippen molar-refractivity contribution in [2.75, 3.05) is 0 Å². The van der Waals surface area contributed by atoms with Gasteiger partial charge in [-0.15, -0.1) is 0 Å². The van der Waals surface area contributed by atoms with Crippen molar-refractivity contribution in [3.63, 3.8) is 0 Å². The van der Waals surface area contributed by atoms with Crippen LogP contribution in [0.25, 0.3) is 10.9 Å². The molecule has 13 heavy (non-hydrogen) atoms. The smallest absolute Gasteiger partial charge is 0.117 e. The van der Waals surface area contributed by atoms with Crippen molar-refractivity contribution >= 4 is 38.4 Å². The molecule has 2 rings (SSSR count). The van der Waals surface area contributed by atoms with Crippen molar-refractivity contribution in [1.82, 2.24) is 4.98 Å². The highest BCUT2D eigenvalue weighted by Gasteiger charge is 2.02. The number of benzene rings is 1. The maximum Gasteiger partial charge on any atom is 0.117 e. The van der Waals surface area contributed by atoms with Crippen molar-refractivity contribution < 1.29 is 5.11 Å². The summed E-state index contributed by atoms with van der Waals surface area (Å²) in [5.74, 6) is 0.150. The predicted octanol–water partition coefficient (Wildman–Crippen LogP) is 3.36. The first-order chi connectivity index (χ1) is 6.16. The topological polar surface area (TPSA) is 33.1 Å². The summed E-state index contributed by atoms with van der Waals surface area (Å²) in [6.07, 6.45) is 1.67. The molecule has 0 bridgehead atoms. The van der Waals surface area contributed by atoms with Crippen LogP contribution >= 0.6 is 27.5 Å². The zero-order valence-electron chi connectivity index (χ0n) is 6.46. The van der Waals surface area contributed by atoms with Crippen LogP contribution in [-0.2, 0) is 0 Å². The molecule has 1 N–H and O–H groups in total. The van der Waals surface area contributed by atoms with Crippen LogP contribution in [0, 0.1) is 0 Å². The van der Waals surface area contributed by atoms with Gasteiger partial charge in [0, 0.05) is 22.1 Å². The van der Waals surface area contributed by atoms with E-state index in [1.165, 1.54) is 6.07 Å². The van der Waals surface area contributed by atoms with E-state index < -0.39 is 0 Å². The third-order valence-corrected chi connectivity index (χ3v) is 2.41. The molecule has 0 unspecified atom stereocenters. The van der Waals surface area contributed by atoms with E-state index in [4.69, 9.17) is 11.6 Å². The van der Waals surface area contributed by atoms with Crippen molar-refractivity contribution in [1.29, 1.82) is 0 Å². The van der Waals surface area contributed by atoms with Gasteiger partial charge < -0.3 is 5.11 Å². The summed E-state index contributed by atoms with van der Waals surface area (Å²) in [5.41, 5.74) is 0.697. The molecule has 0 aliphatic rings. The number of hydrogen-bond acceptors (Lipinski definition) is 2. The lowest BCUT2D eigenvalue weighted by Gasteiger charge is -2.00. The Morgan fingerprint density at radius 3 is 2.85 bits per heavy atom. The predicted molar refractivity (Wildman–Crippen MR) is 56.1 cm³/mol. The van der Waals surface area contributed by atoms with Gasteiger partial charge >= 0.3 is 0 Å². The van der Waals surface area contributed by atoms with Gasteiger partial charge in [-0.25, -0.2) is 0 Å². The average molecular weight is 259 g/mol. The molecule has 2 aromatic rings. The Balaban J connectivity index is 2.86. The number of phenols is 1. The van der Waals surface area contributed by atoms with Crippen LogP contribution in [-0.4, -0.2) is 10.1 Å². The maximum atomic E-state index is 9.27. The number of aromatic hydroxyl groups is 1. The molecule has 0 aliphatic heterocycles. The second-order valence-electron chi connectivity index (χ2n) is 2.65. The van der Waals surface area contributed by atoms with Crippen LogP contribution in [0.15, 0.2) is 28.9 Å². The number of pyridine rings is 1. The molecule has 2 nitrogen and oxygen atoms in total. The summed E-state index contributed by atoms with van der Waals surface area (Å²) in [7, 11) is 0. The van der Waals surface area contributed by atoms with Crippen LogP contribution in [0.5, 0.6) is 5.75 Å². The van der Waals surface area contributed by atoms with Crippen LogP contribution in [0.3, 0.4) is 0 Å². The number of hydrogen-bond donors (Lipinski definition) is 1. The van der Waals surface area contributed by atoms with Crippen LogP contribution in [0.1, 0.15) is 0 Å². The number of aromatic nitrogens is 1. The highest BCUT2D eigenvalue weighted by Crippen LogP contribution is 2.28. The molecule has 0 atom stereocenters. The zero-order valence-corrected chi connectivity index (χ0v) is 8.80. The minimum Gasteiger partial charge on any atom is -0.508 e. The first-order valence-corrected chi connectivity index (χ1v) is 4.78. The van der Waals surface area contributed by atoms with E-state index in [9.17, 15) is 5.11 Å². The van der Waals surface area contributed by atoms with E-state index in [2.05, 4.69) is 20.9 Å². The van der Waals surface area contributed by atoms with Gasteiger partial charge in [0.1, 0.15) is 5.75 Å². The molecule has 1 heterocycles. The van der Waals surface area contributed by atoms with Gasteiger partial charge in [-0.2, -0.15) is 0 Å². The van der Waals surface area contributed by atoms with E-state index in [-0.39, 0.29) is 5.75 Å². The van der Waals surface area contributed by atoms with Crippen LogP contribution < -0.4 is 0 Å². The van der Waals surface area contributed by atoms with Crippen molar-refractivity contribution in [2.24, 2.45) is 0 Å². The van der Waals surface area contributed by atoms with Gasteiger partial charge in [0.05, 0.1) is 10.5 Å². The Hall–Kier alpha value is -0.800. The molecule has 66 valence electrons. The van der Waals surface area contributed by atoms with Gasteiger partial charge in [-0.3, -0.25) is 4.98 Å². The number of rotatable bonds is 0. The van der Waals surface area contributed by atoms with Crippen molar-refractivity contribution in [3.05, 3.63) is 33.9 Å². The lowest BCUT2D eigenvalue weighted by Crippen LogP contribution is -1.80. The monoisotopic (exact) mass is 257 g/mol. The fourth-order valence-corrected chi connectivity index (χ4v) is 1.78. The summed E-state index contributed by atoms with van der Waals surface area (Å²) < 4.78 is 0.863. The van der Waals surface area contributed by atoms with Crippen molar-refractivity contribution in [3.8, 4) is 5.75 Å². The van der Waals surface area contributed by atoms with Crippen LogP contribution in [0.2, 0.25) is 5.02 Å². The van der Waals surface area contributed by atoms with E-state index in [1.54, 1.807) is 12.3 Å². The number of phenolic OH excluding ortho intramolecular Hbond substituents is 1. The number of fused-ring (bicyclic) bond motifs is 1. The highest BCUT2D eigenvalue weighted by molar-refractivity contribution is 9.10. The lowest BCUT2D eigenvalue weighted by molar-refractivity contribution is 0.476. The van der Waals surface area contributed by atoms with Gasteiger partial charge in [0.2, 0.25) is 0 Å². The van der Waals surface area contributed by atoms with E-state index in [0.29, 0.717) is 10.5 Å². The van der Waals surface area contributed by atoms with Gasteiger partial charge in [0.15, 0.2) is 0 Å². The second kappa shape index (κ2) is 3.16. The first kappa shape index (κ1) is 8.78. The lowest BCUT2D eigenvalue weighted by atomic mass is 10.2. The highest BCUT2D eigenvalue weighted by atomic mass is 79.9. The third-order valence-electron chi connectivity index (χ3n) is 1.69. The molecule has 0 spiro atoms. The van der Waals surface area contributed by atoms with Gasteiger partial charge in [-0.05, 0) is 28.1 Å².